The van der Waals surface area contributed by atoms with Crippen LogP contribution in [-0.4, -0.2) is 50.3 Å². The lowest BCUT2D eigenvalue weighted by Crippen LogP contribution is -2.60. The van der Waals surface area contributed by atoms with Crippen molar-refractivity contribution < 1.29 is 4.74 Å². The van der Waals surface area contributed by atoms with Crippen LogP contribution >= 0.6 is 0 Å². The van der Waals surface area contributed by atoms with Gasteiger partial charge in [0.2, 0.25) is 0 Å². The van der Waals surface area contributed by atoms with Crippen LogP contribution in [0.2, 0.25) is 0 Å². The number of nitrogens with zero attached hydrogens (tertiary/aromatic N) is 1. The molecule has 0 aromatic heterocycles. The first-order valence-electron chi connectivity index (χ1n) is 8.25. The summed E-state index contributed by atoms with van der Waals surface area (Å²) in [6, 6.07) is 0.642. The lowest BCUT2D eigenvalue weighted by atomic mass is 9.82. The van der Waals surface area contributed by atoms with Crippen molar-refractivity contribution in [2.24, 2.45) is 0 Å². The molecule has 1 unspecified atom stereocenters. The van der Waals surface area contributed by atoms with E-state index in [4.69, 9.17) is 4.74 Å². The zero-order valence-electron chi connectivity index (χ0n) is 12.9. The molecule has 3 heteroatoms. The number of nitrogens with one attached hydrogen (secondary N) is 1. The van der Waals surface area contributed by atoms with Crippen LogP contribution in [0.15, 0.2) is 0 Å². The van der Waals surface area contributed by atoms with Gasteiger partial charge in [0.15, 0.2) is 0 Å². The maximum atomic E-state index is 5.24. The van der Waals surface area contributed by atoms with Crippen LogP contribution in [-0.2, 0) is 4.74 Å². The van der Waals surface area contributed by atoms with E-state index in [0.29, 0.717) is 11.6 Å². The number of methoxy groups -OCH3 is 1. The third-order valence-corrected chi connectivity index (χ3v) is 5.29. The van der Waals surface area contributed by atoms with Crippen molar-refractivity contribution in [2.45, 2.75) is 69.4 Å². The predicted octanol–water partition coefficient (Wildman–Crippen LogP) is 2.80. The first-order chi connectivity index (χ1) is 9.33. The molecule has 3 nitrogen and oxygen atoms in total. The van der Waals surface area contributed by atoms with Crippen LogP contribution in [0.1, 0.15) is 57.8 Å². The zero-order chi connectivity index (χ0) is 13.6. The fraction of sp³-hybridized carbons (Fsp3) is 1.00. The molecule has 0 amide bonds. The van der Waals surface area contributed by atoms with Gasteiger partial charge in [0.1, 0.15) is 0 Å². The minimum Gasteiger partial charge on any atom is -0.385 e. The van der Waals surface area contributed by atoms with Crippen molar-refractivity contribution in [1.29, 1.82) is 0 Å². The van der Waals surface area contributed by atoms with Gasteiger partial charge >= 0.3 is 0 Å². The second-order valence-electron chi connectivity index (χ2n) is 6.33. The lowest BCUT2D eigenvalue weighted by Gasteiger charge is -2.48. The number of ether oxygens (including phenoxy) is 1. The number of likely N-dealkylation sites (N-methyl/N-ethyl adjacent to an activating group) is 1. The van der Waals surface area contributed by atoms with Crippen LogP contribution in [0.4, 0.5) is 0 Å². The number of hydrogen-bond donors (Lipinski definition) is 1. The van der Waals surface area contributed by atoms with E-state index in [1.54, 1.807) is 0 Å². The first kappa shape index (κ1) is 15.3. The molecule has 1 saturated heterocycles. The molecule has 2 aliphatic rings. The molecule has 1 heterocycles. The van der Waals surface area contributed by atoms with E-state index in [1.165, 1.54) is 70.9 Å². The highest BCUT2D eigenvalue weighted by atomic mass is 16.5. The summed E-state index contributed by atoms with van der Waals surface area (Å²) in [4.78, 5) is 2.83. The van der Waals surface area contributed by atoms with Gasteiger partial charge in [0.25, 0.3) is 0 Å². The number of likely N-dealkylation sites (tertiary alicyclic amines) is 1. The highest BCUT2D eigenvalue weighted by Gasteiger charge is 2.45. The Morgan fingerprint density at radius 3 is 2.37 bits per heavy atom. The van der Waals surface area contributed by atoms with Gasteiger partial charge in [-0.15, -0.1) is 0 Å². The molecular weight excluding hydrogens is 236 g/mol. The molecule has 0 aromatic carbocycles. The van der Waals surface area contributed by atoms with E-state index in [2.05, 4.69) is 17.3 Å². The summed E-state index contributed by atoms with van der Waals surface area (Å²) in [5.41, 5.74) is 0.447. The summed E-state index contributed by atoms with van der Waals surface area (Å²) < 4.78 is 5.24. The van der Waals surface area contributed by atoms with Crippen molar-refractivity contribution in [3.63, 3.8) is 0 Å². The second-order valence-corrected chi connectivity index (χ2v) is 6.33. The average Bonchev–Trinajstić information content (AvgIpc) is 2.95. The first-order valence-corrected chi connectivity index (χ1v) is 8.25. The Morgan fingerprint density at radius 2 is 1.79 bits per heavy atom. The van der Waals surface area contributed by atoms with Crippen LogP contribution < -0.4 is 5.32 Å². The van der Waals surface area contributed by atoms with Gasteiger partial charge in [0.05, 0.1) is 0 Å². The molecule has 112 valence electrons. The van der Waals surface area contributed by atoms with Gasteiger partial charge in [-0.2, -0.15) is 0 Å². The van der Waals surface area contributed by atoms with Gasteiger partial charge in [-0.05, 0) is 58.7 Å². The predicted molar refractivity (Wildman–Crippen MR) is 80.6 cm³/mol. The lowest BCUT2D eigenvalue weighted by molar-refractivity contribution is 0.0334. The molecule has 1 aliphatic carbocycles. The summed E-state index contributed by atoms with van der Waals surface area (Å²) in [5, 5.41) is 3.64. The molecule has 0 bridgehead atoms. The Labute approximate surface area is 119 Å². The SMILES string of the molecule is CNC(CCCOC)C1(N2CCCCC2)CCCC1. The van der Waals surface area contributed by atoms with Crippen LogP contribution in [0.3, 0.4) is 0 Å². The van der Waals surface area contributed by atoms with E-state index in [9.17, 15) is 0 Å². The molecule has 0 radical (unpaired) electrons. The van der Waals surface area contributed by atoms with Crippen molar-refractivity contribution in [1.82, 2.24) is 10.2 Å². The number of hydrogen-bond acceptors (Lipinski definition) is 3. The standard InChI is InChI=1S/C16H32N2O/c1-17-15(9-8-14-19-2)16(10-4-5-11-16)18-12-6-3-7-13-18/h15,17H,3-14H2,1-2H3. The largest absolute Gasteiger partial charge is 0.385 e. The number of piperidine rings is 1. The van der Waals surface area contributed by atoms with E-state index < -0.39 is 0 Å². The van der Waals surface area contributed by atoms with Crippen molar-refractivity contribution in [3.05, 3.63) is 0 Å². The Bertz CT molecular complexity index is 245. The maximum absolute atomic E-state index is 5.24. The molecular formula is C16H32N2O. The molecule has 1 atom stereocenters. The van der Waals surface area contributed by atoms with Crippen LogP contribution in [0, 0.1) is 0 Å². The smallest absolute Gasteiger partial charge is 0.0462 e. The summed E-state index contributed by atoms with van der Waals surface area (Å²) >= 11 is 0. The van der Waals surface area contributed by atoms with Gasteiger partial charge in [-0.1, -0.05) is 19.3 Å². The monoisotopic (exact) mass is 268 g/mol. The maximum Gasteiger partial charge on any atom is 0.0462 e. The highest BCUT2D eigenvalue weighted by Crippen LogP contribution is 2.40. The summed E-state index contributed by atoms with van der Waals surface area (Å²) in [6.07, 6.45) is 12.3. The normalized spacial score (nSPS) is 25.6. The fourth-order valence-electron chi connectivity index (χ4n) is 4.33. The Balaban J connectivity index is 2.02. The summed E-state index contributed by atoms with van der Waals surface area (Å²) in [7, 11) is 3.96. The van der Waals surface area contributed by atoms with E-state index in [1.807, 2.05) is 7.11 Å². The quantitative estimate of drug-likeness (QED) is 0.719. The molecule has 0 spiro atoms. The van der Waals surface area contributed by atoms with E-state index in [0.717, 1.165) is 6.61 Å². The molecule has 1 aliphatic heterocycles. The van der Waals surface area contributed by atoms with Crippen molar-refractivity contribution >= 4 is 0 Å². The van der Waals surface area contributed by atoms with Gasteiger partial charge in [-0.3, -0.25) is 4.90 Å². The summed E-state index contributed by atoms with van der Waals surface area (Å²) in [6.45, 7) is 3.54. The van der Waals surface area contributed by atoms with Crippen LogP contribution in [0.5, 0.6) is 0 Å². The molecule has 2 fully saturated rings. The third-order valence-electron chi connectivity index (χ3n) is 5.29. The third kappa shape index (κ3) is 3.50. The topological polar surface area (TPSA) is 24.5 Å². The van der Waals surface area contributed by atoms with Gasteiger partial charge in [0, 0.05) is 25.3 Å². The molecule has 0 aromatic rings. The van der Waals surface area contributed by atoms with Crippen molar-refractivity contribution in [2.75, 3.05) is 33.9 Å². The van der Waals surface area contributed by atoms with Crippen LogP contribution in [0.25, 0.3) is 0 Å². The van der Waals surface area contributed by atoms with E-state index in [-0.39, 0.29) is 0 Å². The summed E-state index contributed by atoms with van der Waals surface area (Å²) in [5.74, 6) is 0. The minimum atomic E-state index is 0.447. The Kier molecular flexibility index (Phi) is 6.11. The van der Waals surface area contributed by atoms with E-state index >= 15 is 0 Å². The van der Waals surface area contributed by atoms with Gasteiger partial charge < -0.3 is 10.1 Å². The molecule has 2 rings (SSSR count). The molecule has 1 saturated carbocycles. The second kappa shape index (κ2) is 7.61. The minimum absolute atomic E-state index is 0.447. The van der Waals surface area contributed by atoms with Crippen molar-refractivity contribution in [3.8, 4) is 0 Å². The number of rotatable bonds is 7. The average molecular weight is 268 g/mol. The highest BCUT2D eigenvalue weighted by molar-refractivity contribution is 5.03. The molecule has 1 N–H and O–H groups in total. The van der Waals surface area contributed by atoms with Gasteiger partial charge in [-0.25, -0.2) is 0 Å². The fourth-order valence-corrected chi connectivity index (χ4v) is 4.33. The Hall–Kier alpha value is -0.120. The zero-order valence-corrected chi connectivity index (χ0v) is 12.9. The Morgan fingerprint density at radius 1 is 1.11 bits per heavy atom. The molecule has 19 heavy (non-hydrogen) atoms.